The number of carbonyl (C=O) groups is 1. The van der Waals surface area contributed by atoms with E-state index in [2.05, 4.69) is 10.4 Å². The molecule has 0 saturated carbocycles. The van der Waals surface area contributed by atoms with Crippen LogP contribution in [0.2, 0.25) is 5.02 Å². The topological polar surface area (TPSA) is 46.9 Å². The summed E-state index contributed by atoms with van der Waals surface area (Å²) in [5, 5.41) is 7.41. The molecular weight excluding hydrogens is 262 g/mol. The first-order valence-electron chi connectivity index (χ1n) is 6.20. The van der Waals surface area contributed by atoms with Crippen LogP contribution in [0, 0.1) is 0 Å². The van der Waals surface area contributed by atoms with Crippen LogP contribution >= 0.6 is 11.6 Å². The van der Waals surface area contributed by atoms with E-state index in [1.165, 1.54) is 0 Å². The van der Waals surface area contributed by atoms with Crippen molar-refractivity contribution in [1.29, 1.82) is 0 Å². The Labute approximate surface area is 117 Å². The first-order chi connectivity index (χ1) is 9.11. The van der Waals surface area contributed by atoms with Gasteiger partial charge in [-0.05, 0) is 19.4 Å². The van der Waals surface area contributed by atoms with Crippen molar-refractivity contribution in [2.45, 2.75) is 26.4 Å². The number of rotatable bonds is 4. The quantitative estimate of drug-likeness (QED) is 0.934. The number of carbonyl (C=O) groups excluding carboxylic acids is 1. The van der Waals surface area contributed by atoms with Gasteiger partial charge in [-0.15, -0.1) is 0 Å². The van der Waals surface area contributed by atoms with Crippen molar-refractivity contribution in [3.63, 3.8) is 0 Å². The molecule has 1 aromatic heterocycles. The van der Waals surface area contributed by atoms with Gasteiger partial charge in [-0.3, -0.25) is 9.48 Å². The molecule has 2 rings (SSSR count). The molecule has 0 saturated heterocycles. The molecule has 1 N–H and O–H groups in total. The van der Waals surface area contributed by atoms with Crippen molar-refractivity contribution in [1.82, 2.24) is 15.1 Å². The summed E-state index contributed by atoms with van der Waals surface area (Å²) in [6, 6.07) is 9.68. The fourth-order valence-electron chi connectivity index (χ4n) is 1.80. The lowest BCUT2D eigenvalue weighted by molar-refractivity contribution is 0.0934. The number of hydrogen-bond acceptors (Lipinski definition) is 2. The van der Waals surface area contributed by atoms with Gasteiger partial charge >= 0.3 is 0 Å². The number of nitrogens with zero attached hydrogens (tertiary/aromatic N) is 2. The maximum absolute atomic E-state index is 12.1. The monoisotopic (exact) mass is 277 g/mol. The largest absolute Gasteiger partial charge is 0.344 e. The van der Waals surface area contributed by atoms with Gasteiger partial charge in [0, 0.05) is 12.7 Å². The molecule has 0 spiro atoms. The minimum atomic E-state index is -0.256. The van der Waals surface area contributed by atoms with Crippen molar-refractivity contribution in [2.75, 3.05) is 0 Å². The standard InChI is InChI=1S/C14H16ClN3O/c1-3-18-9-12(15)13(17-18)14(19)16-10(2)11-7-5-4-6-8-11/h4-10H,3H2,1-2H3,(H,16,19). The average molecular weight is 278 g/mol. The fourth-order valence-corrected chi connectivity index (χ4v) is 2.04. The molecule has 0 fully saturated rings. The fraction of sp³-hybridized carbons (Fsp3) is 0.286. The molecule has 2 aromatic rings. The molecule has 1 atom stereocenters. The molecule has 5 heteroatoms. The molecule has 0 bridgehead atoms. The van der Waals surface area contributed by atoms with E-state index < -0.39 is 0 Å². The predicted molar refractivity (Wildman–Crippen MR) is 75.2 cm³/mol. The highest BCUT2D eigenvalue weighted by molar-refractivity contribution is 6.33. The summed E-state index contributed by atoms with van der Waals surface area (Å²) in [6.45, 7) is 4.55. The molecule has 19 heavy (non-hydrogen) atoms. The Bertz CT molecular complexity index is 565. The molecule has 1 unspecified atom stereocenters. The Morgan fingerprint density at radius 3 is 2.68 bits per heavy atom. The van der Waals surface area contributed by atoms with Crippen LogP contribution in [0.4, 0.5) is 0 Å². The Morgan fingerprint density at radius 1 is 1.42 bits per heavy atom. The summed E-state index contributed by atoms with van der Waals surface area (Å²) in [6.07, 6.45) is 1.66. The molecule has 0 aliphatic rings. The minimum Gasteiger partial charge on any atom is -0.344 e. The van der Waals surface area contributed by atoms with Crippen LogP contribution < -0.4 is 5.32 Å². The molecule has 4 nitrogen and oxygen atoms in total. The molecule has 1 amide bonds. The second-order valence-electron chi connectivity index (χ2n) is 4.29. The highest BCUT2D eigenvalue weighted by atomic mass is 35.5. The smallest absolute Gasteiger partial charge is 0.273 e. The van der Waals surface area contributed by atoms with Crippen LogP contribution in [0.3, 0.4) is 0 Å². The van der Waals surface area contributed by atoms with Gasteiger partial charge in [0.1, 0.15) is 0 Å². The maximum atomic E-state index is 12.1. The van der Waals surface area contributed by atoms with Gasteiger partial charge in [-0.2, -0.15) is 5.10 Å². The molecule has 0 radical (unpaired) electrons. The van der Waals surface area contributed by atoms with E-state index in [9.17, 15) is 4.79 Å². The van der Waals surface area contributed by atoms with Gasteiger partial charge in [0.05, 0.1) is 11.1 Å². The number of nitrogens with one attached hydrogen (secondary N) is 1. The lowest BCUT2D eigenvalue weighted by Gasteiger charge is -2.13. The number of hydrogen-bond donors (Lipinski definition) is 1. The number of halogens is 1. The summed E-state index contributed by atoms with van der Waals surface area (Å²) in [4.78, 5) is 12.1. The van der Waals surface area contributed by atoms with Crippen molar-refractivity contribution < 1.29 is 4.79 Å². The van der Waals surface area contributed by atoms with Gasteiger partial charge in [0.15, 0.2) is 5.69 Å². The third-order valence-electron chi connectivity index (χ3n) is 2.90. The molecule has 0 aliphatic heterocycles. The SMILES string of the molecule is CCn1cc(Cl)c(C(=O)NC(C)c2ccccc2)n1. The van der Waals surface area contributed by atoms with Gasteiger partial charge in [0.25, 0.3) is 5.91 Å². The van der Waals surface area contributed by atoms with E-state index in [0.717, 1.165) is 5.56 Å². The van der Waals surface area contributed by atoms with Crippen LogP contribution in [0.25, 0.3) is 0 Å². The van der Waals surface area contributed by atoms with E-state index >= 15 is 0 Å². The summed E-state index contributed by atoms with van der Waals surface area (Å²) >= 11 is 6.00. The van der Waals surface area contributed by atoms with Crippen LogP contribution in [0.5, 0.6) is 0 Å². The first-order valence-corrected chi connectivity index (χ1v) is 6.58. The van der Waals surface area contributed by atoms with Gasteiger partial charge in [-0.1, -0.05) is 41.9 Å². The van der Waals surface area contributed by atoms with Crippen LogP contribution in [-0.4, -0.2) is 15.7 Å². The average Bonchev–Trinajstić information content (AvgIpc) is 2.81. The first kappa shape index (κ1) is 13.6. The zero-order chi connectivity index (χ0) is 13.8. The molecule has 1 heterocycles. The molecule has 1 aromatic carbocycles. The summed E-state index contributed by atoms with van der Waals surface area (Å²) in [7, 11) is 0. The molecular formula is C14H16ClN3O. The zero-order valence-electron chi connectivity index (χ0n) is 10.9. The third-order valence-corrected chi connectivity index (χ3v) is 3.18. The Kier molecular flexibility index (Phi) is 4.22. The summed E-state index contributed by atoms with van der Waals surface area (Å²) in [5.74, 6) is -0.256. The Balaban J connectivity index is 2.10. The summed E-state index contributed by atoms with van der Waals surface area (Å²) in [5.41, 5.74) is 1.31. The third kappa shape index (κ3) is 3.15. The van der Waals surface area contributed by atoms with Crippen LogP contribution in [0.1, 0.15) is 35.9 Å². The second-order valence-corrected chi connectivity index (χ2v) is 4.69. The van der Waals surface area contributed by atoms with Crippen molar-refractivity contribution in [3.8, 4) is 0 Å². The minimum absolute atomic E-state index is 0.0865. The predicted octanol–water partition coefficient (Wildman–Crippen LogP) is 3.05. The highest BCUT2D eigenvalue weighted by Gasteiger charge is 2.17. The van der Waals surface area contributed by atoms with Crippen LogP contribution in [0.15, 0.2) is 36.5 Å². The lowest BCUT2D eigenvalue weighted by atomic mass is 10.1. The number of amides is 1. The maximum Gasteiger partial charge on any atom is 0.273 e. The van der Waals surface area contributed by atoms with Crippen molar-refractivity contribution in [2.24, 2.45) is 0 Å². The Morgan fingerprint density at radius 2 is 2.11 bits per heavy atom. The van der Waals surface area contributed by atoms with E-state index in [-0.39, 0.29) is 17.6 Å². The van der Waals surface area contributed by atoms with E-state index in [1.54, 1.807) is 10.9 Å². The van der Waals surface area contributed by atoms with E-state index in [0.29, 0.717) is 11.6 Å². The van der Waals surface area contributed by atoms with Crippen molar-refractivity contribution in [3.05, 3.63) is 52.8 Å². The second kappa shape index (κ2) is 5.89. The molecule has 0 aliphatic carbocycles. The van der Waals surface area contributed by atoms with Gasteiger partial charge < -0.3 is 5.32 Å². The summed E-state index contributed by atoms with van der Waals surface area (Å²) < 4.78 is 1.64. The number of aromatic nitrogens is 2. The zero-order valence-corrected chi connectivity index (χ0v) is 11.7. The van der Waals surface area contributed by atoms with E-state index in [1.807, 2.05) is 44.2 Å². The molecule has 100 valence electrons. The van der Waals surface area contributed by atoms with E-state index in [4.69, 9.17) is 11.6 Å². The van der Waals surface area contributed by atoms with Crippen molar-refractivity contribution >= 4 is 17.5 Å². The highest BCUT2D eigenvalue weighted by Crippen LogP contribution is 2.16. The number of benzene rings is 1. The lowest BCUT2D eigenvalue weighted by Crippen LogP contribution is -2.27. The number of aryl methyl sites for hydroxylation is 1. The normalized spacial score (nSPS) is 12.2. The van der Waals surface area contributed by atoms with Gasteiger partial charge in [-0.25, -0.2) is 0 Å². The van der Waals surface area contributed by atoms with Gasteiger partial charge in [0.2, 0.25) is 0 Å². The van der Waals surface area contributed by atoms with Crippen LogP contribution in [-0.2, 0) is 6.54 Å². The Hall–Kier alpha value is -1.81.